The molecule has 0 radical (unpaired) electrons. The molecule has 2 fully saturated rings. The lowest BCUT2D eigenvalue weighted by Gasteiger charge is -2.26. The molecule has 1 aromatic heterocycles. The first kappa shape index (κ1) is 29.3. The highest BCUT2D eigenvalue weighted by atomic mass is 16.5. The van der Waals surface area contributed by atoms with Crippen LogP contribution in [0.2, 0.25) is 0 Å². The molecule has 218 valence electrons. The van der Waals surface area contributed by atoms with Gasteiger partial charge in [-0.2, -0.15) is 0 Å². The monoisotopic (exact) mass is 565 g/mol. The number of aldehydes is 1. The molecule has 1 saturated carbocycles. The van der Waals surface area contributed by atoms with Crippen molar-refractivity contribution in [3.8, 4) is 0 Å². The Bertz CT molecular complexity index is 1590. The first-order chi connectivity index (χ1) is 20.7. The fourth-order valence-corrected chi connectivity index (χ4v) is 5.19. The molecule has 42 heavy (non-hydrogen) atoms. The third-order valence-corrected chi connectivity index (χ3v) is 7.85. The summed E-state index contributed by atoms with van der Waals surface area (Å²) in [7, 11) is 3.06. The van der Waals surface area contributed by atoms with Crippen molar-refractivity contribution in [1.82, 2.24) is 10.2 Å². The van der Waals surface area contributed by atoms with Gasteiger partial charge in [0.1, 0.15) is 17.0 Å². The summed E-state index contributed by atoms with van der Waals surface area (Å²) in [5.74, 6) is 1.45. The fraction of sp³-hybridized carbons (Fsp3) is 0.314. The van der Waals surface area contributed by atoms with Crippen LogP contribution >= 0.6 is 0 Å². The first-order valence-corrected chi connectivity index (χ1v) is 14.5. The molecule has 2 aliphatic rings. The van der Waals surface area contributed by atoms with Gasteiger partial charge in [0.25, 0.3) is 0 Å². The normalized spacial score (nSPS) is 15.5. The minimum absolute atomic E-state index is 0.432. The average molecular weight is 566 g/mol. The van der Waals surface area contributed by atoms with E-state index in [1.54, 1.807) is 6.20 Å². The summed E-state index contributed by atoms with van der Waals surface area (Å²) in [5.41, 5.74) is 7.08. The summed E-state index contributed by atoms with van der Waals surface area (Å²) in [6.07, 6.45) is 9.48. The van der Waals surface area contributed by atoms with E-state index in [2.05, 4.69) is 59.7 Å². The van der Waals surface area contributed by atoms with Crippen molar-refractivity contribution >= 4 is 34.1 Å². The number of likely N-dealkylation sites (N-methyl/N-ethyl adjacent to an activating group) is 1. The number of hydrogen-bond acceptors (Lipinski definition) is 6. The van der Waals surface area contributed by atoms with Crippen LogP contribution in [0.3, 0.4) is 0 Å². The zero-order valence-corrected chi connectivity index (χ0v) is 24.4. The highest BCUT2D eigenvalue weighted by Crippen LogP contribution is 2.29. The van der Waals surface area contributed by atoms with Crippen LogP contribution in [-0.2, 0) is 22.5 Å². The summed E-state index contributed by atoms with van der Waals surface area (Å²) in [6.45, 7) is 2.99. The Morgan fingerprint density at radius 1 is 1.00 bits per heavy atom. The summed E-state index contributed by atoms with van der Waals surface area (Å²) in [6, 6.07) is 22.8. The minimum atomic E-state index is 0.432. The number of carbonyl (C=O) groups excluding carboxylic acids is 1. The number of furan rings is 1. The fourth-order valence-electron chi connectivity index (χ4n) is 5.19. The molecule has 1 saturated heterocycles. The van der Waals surface area contributed by atoms with E-state index >= 15 is 0 Å². The van der Waals surface area contributed by atoms with Crippen molar-refractivity contribution in [3.63, 3.8) is 0 Å². The Labute approximate surface area is 247 Å². The van der Waals surface area contributed by atoms with Crippen LogP contribution in [0.5, 0.6) is 0 Å². The first-order valence-electron chi connectivity index (χ1n) is 14.5. The molecule has 4 aromatic rings. The van der Waals surface area contributed by atoms with E-state index in [-0.39, 0.29) is 0 Å². The predicted octanol–water partition coefficient (Wildman–Crippen LogP) is 6.00. The highest BCUT2D eigenvalue weighted by molar-refractivity contribution is 6.05. The van der Waals surface area contributed by atoms with Crippen molar-refractivity contribution < 1.29 is 19.1 Å². The summed E-state index contributed by atoms with van der Waals surface area (Å²) >= 11 is 0. The summed E-state index contributed by atoms with van der Waals surface area (Å²) < 4.78 is 11.3. The number of nitrogens with one attached hydrogen (secondary N) is 1. The largest absolute Gasteiger partial charge is 0.456 e. The quantitative estimate of drug-likeness (QED) is 0.0806. The van der Waals surface area contributed by atoms with E-state index in [4.69, 9.17) is 19.3 Å². The molecule has 0 amide bonds. The van der Waals surface area contributed by atoms with Gasteiger partial charge in [-0.1, -0.05) is 60.2 Å². The van der Waals surface area contributed by atoms with E-state index in [9.17, 15) is 4.79 Å². The Hall–Kier alpha value is -4.20. The van der Waals surface area contributed by atoms with E-state index in [0.717, 1.165) is 78.5 Å². The molecule has 3 aromatic carbocycles. The van der Waals surface area contributed by atoms with Gasteiger partial charge in [0.2, 0.25) is 0 Å². The SMILES string of the molecule is CN(CC=C1CCC1)C(=N/C=C(\C=O)NCc1ccc2oc3ccccc3c2c1)c1ccc(CC2COC2)cc1.CO. The Balaban J connectivity index is 0.00000173. The second-order valence-electron chi connectivity index (χ2n) is 10.8. The molecule has 7 nitrogen and oxygen atoms in total. The van der Waals surface area contributed by atoms with E-state index < -0.39 is 0 Å². The van der Waals surface area contributed by atoms with Crippen LogP contribution < -0.4 is 5.32 Å². The molecule has 2 heterocycles. The number of nitrogens with zero attached hydrogens (tertiary/aromatic N) is 2. The number of ether oxygens (including phenoxy) is 1. The van der Waals surface area contributed by atoms with Crippen molar-refractivity contribution in [3.05, 3.63) is 107 Å². The Kier molecular flexibility index (Phi) is 9.85. The Morgan fingerprint density at radius 3 is 2.43 bits per heavy atom. The van der Waals surface area contributed by atoms with E-state index in [1.807, 2.05) is 30.3 Å². The number of hydrogen-bond donors (Lipinski definition) is 2. The molecule has 0 bridgehead atoms. The molecular weight excluding hydrogens is 526 g/mol. The third kappa shape index (κ3) is 6.98. The molecule has 6 rings (SSSR count). The van der Waals surface area contributed by atoms with Gasteiger partial charge in [0, 0.05) is 49.5 Å². The number of benzene rings is 3. The number of aliphatic hydroxyl groups is 1. The van der Waals surface area contributed by atoms with Gasteiger partial charge in [-0.05, 0) is 55.0 Å². The number of rotatable bonds is 10. The maximum Gasteiger partial charge on any atom is 0.167 e. The Morgan fingerprint density at radius 2 is 1.74 bits per heavy atom. The maximum absolute atomic E-state index is 12.0. The van der Waals surface area contributed by atoms with Crippen LogP contribution in [0.15, 0.2) is 99.7 Å². The highest BCUT2D eigenvalue weighted by Gasteiger charge is 2.19. The van der Waals surface area contributed by atoms with Crippen LogP contribution in [0.4, 0.5) is 0 Å². The maximum atomic E-state index is 12.0. The number of aliphatic imine (C=N–C) groups is 1. The van der Waals surface area contributed by atoms with Crippen molar-refractivity contribution in [2.45, 2.75) is 32.2 Å². The molecule has 2 N–H and O–H groups in total. The van der Waals surface area contributed by atoms with Gasteiger partial charge in [0.05, 0.1) is 25.1 Å². The van der Waals surface area contributed by atoms with E-state index in [0.29, 0.717) is 18.2 Å². The zero-order chi connectivity index (χ0) is 29.3. The lowest BCUT2D eigenvalue weighted by molar-refractivity contribution is -0.105. The van der Waals surface area contributed by atoms with Crippen LogP contribution in [-0.4, -0.2) is 56.0 Å². The molecule has 0 unspecified atom stereocenters. The molecule has 7 heteroatoms. The number of para-hydroxylation sites is 1. The molecule has 1 aliphatic heterocycles. The zero-order valence-electron chi connectivity index (χ0n) is 24.4. The second-order valence-corrected chi connectivity index (χ2v) is 10.8. The van der Waals surface area contributed by atoms with E-state index in [1.165, 1.54) is 30.4 Å². The van der Waals surface area contributed by atoms with Crippen molar-refractivity contribution in [1.29, 1.82) is 0 Å². The summed E-state index contributed by atoms with van der Waals surface area (Å²) in [4.78, 5) is 19.0. The van der Waals surface area contributed by atoms with Gasteiger partial charge < -0.3 is 24.5 Å². The number of fused-ring (bicyclic) bond motifs is 3. The predicted molar refractivity (Wildman–Crippen MR) is 168 cm³/mol. The smallest absolute Gasteiger partial charge is 0.167 e. The van der Waals surface area contributed by atoms with Gasteiger partial charge in [-0.15, -0.1) is 0 Å². The standard InChI is InChI=1S/C34H35N3O3.CH4O/c1-37(16-15-24-5-4-6-24)34(28-12-9-25(10-13-28)17-27-22-39-23-27)36-20-29(21-38)35-19-26-11-14-33-31(18-26)30-7-2-3-8-32(30)40-33;1-2/h2-3,7-15,18,20-21,27,35H,4-6,16-17,19,22-23H2,1H3;2H,1H3/b29-20+,36-34?;. The van der Waals surface area contributed by atoms with Gasteiger partial charge in [-0.3, -0.25) is 4.79 Å². The average Bonchev–Trinajstić information content (AvgIpc) is 3.35. The topological polar surface area (TPSA) is 87.3 Å². The lowest BCUT2D eigenvalue weighted by atomic mass is 9.92. The van der Waals surface area contributed by atoms with Gasteiger partial charge >= 0.3 is 0 Å². The number of aliphatic hydroxyl groups excluding tert-OH is 1. The number of carbonyl (C=O) groups is 1. The van der Waals surface area contributed by atoms with Crippen LogP contribution in [0, 0.1) is 5.92 Å². The van der Waals surface area contributed by atoms with Gasteiger partial charge in [0.15, 0.2) is 6.29 Å². The number of amidine groups is 1. The minimum Gasteiger partial charge on any atom is -0.456 e. The van der Waals surface area contributed by atoms with Crippen molar-refractivity contribution in [2.75, 3.05) is 33.9 Å². The van der Waals surface area contributed by atoms with Crippen LogP contribution in [0.1, 0.15) is 36.0 Å². The van der Waals surface area contributed by atoms with Gasteiger partial charge in [-0.25, -0.2) is 4.99 Å². The molecule has 0 spiro atoms. The molecule has 1 aliphatic carbocycles. The second kappa shape index (κ2) is 14.1. The van der Waals surface area contributed by atoms with Crippen molar-refractivity contribution in [2.24, 2.45) is 10.9 Å². The summed E-state index contributed by atoms with van der Waals surface area (Å²) in [5, 5.41) is 12.4. The molecule has 0 atom stereocenters. The molecular formula is C35H39N3O4. The lowest BCUT2D eigenvalue weighted by Crippen LogP contribution is -2.29. The number of allylic oxidation sites excluding steroid dienone is 2. The van der Waals surface area contributed by atoms with Crippen LogP contribution in [0.25, 0.3) is 21.9 Å². The third-order valence-electron chi connectivity index (χ3n) is 7.85.